The van der Waals surface area contributed by atoms with E-state index in [4.69, 9.17) is 5.73 Å². The first-order valence-electron chi connectivity index (χ1n) is 5.42. The summed E-state index contributed by atoms with van der Waals surface area (Å²) in [6, 6.07) is 4.80. The van der Waals surface area contributed by atoms with Crippen molar-refractivity contribution >= 4 is 5.96 Å². The molecule has 1 rings (SSSR count). The Kier molecular flexibility index (Phi) is 4.76. The second kappa shape index (κ2) is 6.10. The quantitative estimate of drug-likeness (QED) is 0.601. The van der Waals surface area contributed by atoms with Gasteiger partial charge in [0.05, 0.1) is 0 Å². The molecule has 0 aliphatic carbocycles. The Balaban J connectivity index is 2.52. The fourth-order valence-corrected chi connectivity index (χ4v) is 1.47. The molecule has 4 heteroatoms. The molecule has 16 heavy (non-hydrogen) atoms. The van der Waals surface area contributed by atoms with Crippen LogP contribution >= 0.6 is 0 Å². The number of nitrogens with one attached hydrogen (secondary N) is 1. The van der Waals surface area contributed by atoms with Crippen LogP contribution in [0.2, 0.25) is 0 Å². The minimum absolute atomic E-state index is 0.197. The molecule has 0 unspecified atom stereocenters. The highest BCUT2D eigenvalue weighted by atomic mass is 19.1. The second-order valence-electron chi connectivity index (χ2n) is 3.62. The predicted octanol–water partition coefficient (Wildman–Crippen LogP) is 1.60. The van der Waals surface area contributed by atoms with E-state index in [-0.39, 0.29) is 5.82 Å². The van der Waals surface area contributed by atoms with Gasteiger partial charge in [-0.15, -0.1) is 0 Å². The first kappa shape index (κ1) is 12.5. The molecule has 0 fully saturated rings. The molecule has 88 valence electrons. The van der Waals surface area contributed by atoms with Crippen molar-refractivity contribution in [2.45, 2.75) is 20.3 Å². The topological polar surface area (TPSA) is 50.4 Å². The zero-order valence-corrected chi connectivity index (χ0v) is 9.76. The van der Waals surface area contributed by atoms with Crippen LogP contribution in [0.5, 0.6) is 0 Å². The summed E-state index contributed by atoms with van der Waals surface area (Å²) in [6.07, 6.45) is 0.776. The Bertz CT molecular complexity index is 375. The molecule has 0 aliphatic rings. The van der Waals surface area contributed by atoms with Gasteiger partial charge in [-0.25, -0.2) is 4.39 Å². The fourth-order valence-electron chi connectivity index (χ4n) is 1.47. The third-order valence-electron chi connectivity index (χ3n) is 2.33. The molecule has 0 saturated heterocycles. The zero-order valence-electron chi connectivity index (χ0n) is 9.76. The lowest BCUT2D eigenvalue weighted by molar-refractivity contribution is 0.625. The number of hydrogen-bond acceptors (Lipinski definition) is 1. The van der Waals surface area contributed by atoms with E-state index in [1.165, 1.54) is 12.1 Å². The van der Waals surface area contributed by atoms with Gasteiger partial charge < -0.3 is 11.1 Å². The Labute approximate surface area is 95.6 Å². The molecule has 0 aliphatic heterocycles. The monoisotopic (exact) mass is 223 g/mol. The van der Waals surface area contributed by atoms with E-state index in [0.717, 1.165) is 24.1 Å². The number of aliphatic imine (C=N–C) groups is 1. The van der Waals surface area contributed by atoms with Crippen molar-refractivity contribution in [2.75, 3.05) is 13.1 Å². The fraction of sp³-hybridized carbons (Fsp3) is 0.417. The SMILES string of the molecule is CCNC(N)=NCCc1ccc(F)cc1C. The number of hydrogen-bond donors (Lipinski definition) is 2. The molecule has 0 atom stereocenters. The molecule has 1 aromatic carbocycles. The summed E-state index contributed by atoms with van der Waals surface area (Å²) < 4.78 is 12.8. The van der Waals surface area contributed by atoms with E-state index in [1.807, 2.05) is 13.8 Å². The van der Waals surface area contributed by atoms with Gasteiger partial charge >= 0.3 is 0 Å². The zero-order chi connectivity index (χ0) is 12.0. The summed E-state index contributed by atoms with van der Waals surface area (Å²) in [5, 5.41) is 2.92. The van der Waals surface area contributed by atoms with Crippen LogP contribution in [0.4, 0.5) is 4.39 Å². The number of rotatable bonds is 4. The van der Waals surface area contributed by atoms with Crippen LogP contribution in [0.25, 0.3) is 0 Å². The molecule has 0 aromatic heterocycles. The lowest BCUT2D eigenvalue weighted by Gasteiger charge is -2.05. The van der Waals surface area contributed by atoms with Crippen LogP contribution < -0.4 is 11.1 Å². The van der Waals surface area contributed by atoms with Gasteiger partial charge in [-0.1, -0.05) is 6.07 Å². The third-order valence-corrected chi connectivity index (χ3v) is 2.33. The third kappa shape index (κ3) is 3.88. The molecule has 0 bridgehead atoms. The number of nitrogens with zero attached hydrogens (tertiary/aromatic N) is 1. The van der Waals surface area contributed by atoms with Crippen LogP contribution in [-0.2, 0) is 6.42 Å². The summed E-state index contributed by atoms with van der Waals surface area (Å²) in [4.78, 5) is 4.16. The maximum Gasteiger partial charge on any atom is 0.188 e. The standard InChI is InChI=1S/C12H18FN3/c1-3-15-12(14)16-7-6-10-4-5-11(13)8-9(10)2/h4-5,8H,3,6-7H2,1-2H3,(H3,14,15,16). The van der Waals surface area contributed by atoms with E-state index >= 15 is 0 Å². The predicted molar refractivity (Wildman–Crippen MR) is 65.0 cm³/mol. The highest BCUT2D eigenvalue weighted by Crippen LogP contribution is 2.10. The van der Waals surface area contributed by atoms with Gasteiger partial charge in [0.2, 0.25) is 0 Å². The number of benzene rings is 1. The van der Waals surface area contributed by atoms with Crippen LogP contribution in [-0.4, -0.2) is 19.0 Å². The summed E-state index contributed by atoms with van der Waals surface area (Å²) >= 11 is 0. The lowest BCUT2D eigenvalue weighted by Crippen LogP contribution is -2.31. The summed E-state index contributed by atoms with van der Waals surface area (Å²) in [6.45, 7) is 5.25. The summed E-state index contributed by atoms with van der Waals surface area (Å²) in [7, 11) is 0. The van der Waals surface area contributed by atoms with Crippen LogP contribution in [0.15, 0.2) is 23.2 Å². The molecule has 0 amide bonds. The van der Waals surface area contributed by atoms with Gasteiger partial charge in [0.25, 0.3) is 0 Å². The molecular formula is C12H18FN3. The van der Waals surface area contributed by atoms with Gasteiger partial charge in [-0.2, -0.15) is 0 Å². The van der Waals surface area contributed by atoms with Gasteiger partial charge in [-0.3, -0.25) is 4.99 Å². The normalized spacial score (nSPS) is 11.6. The molecule has 3 N–H and O–H groups in total. The van der Waals surface area contributed by atoms with Crippen LogP contribution in [0, 0.1) is 12.7 Å². The first-order valence-corrected chi connectivity index (χ1v) is 5.42. The van der Waals surface area contributed by atoms with E-state index < -0.39 is 0 Å². The highest BCUT2D eigenvalue weighted by molar-refractivity contribution is 5.77. The van der Waals surface area contributed by atoms with Gasteiger partial charge in [0, 0.05) is 13.1 Å². The highest BCUT2D eigenvalue weighted by Gasteiger charge is 1.99. The van der Waals surface area contributed by atoms with E-state index in [9.17, 15) is 4.39 Å². The number of aryl methyl sites for hydroxylation is 1. The second-order valence-corrected chi connectivity index (χ2v) is 3.62. The summed E-state index contributed by atoms with van der Waals surface area (Å²) in [5.41, 5.74) is 7.65. The molecule has 1 aromatic rings. The van der Waals surface area contributed by atoms with Gasteiger partial charge in [-0.05, 0) is 43.5 Å². The van der Waals surface area contributed by atoms with Crippen LogP contribution in [0.3, 0.4) is 0 Å². The molecule has 0 radical (unpaired) electrons. The van der Waals surface area contributed by atoms with Gasteiger partial charge in [0.15, 0.2) is 5.96 Å². The molecular weight excluding hydrogens is 205 g/mol. The van der Waals surface area contributed by atoms with Crippen molar-refractivity contribution in [2.24, 2.45) is 10.7 Å². The van der Waals surface area contributed by atoms with E-state index in [2.05, 4.69) is 10.3 Å². The maximum atomic E-state index is 12.8. The Morgan fingerprint density at radius 3 is 2.88 bits per heavy atom. The van der Waals surface area contributed by atoms with Crippen molar-refractivity contribution in [3.05, 3.63) is 35.1 Å². The average Bonchev–Trinajstić information content (AvgIpc) is 2.22. The smallest absolute Gasteiger partial charge is 0.188 e. The maximum absolute atomic E-state index is 12.8. The Hall–Kier alpha value is -1.58. The summed E-state index contributed by atoms with van der Waals surface area (Å²) in [5.74, 6) is 0.263. The van der Waals surface area contributed by atoms with Crippen molar-refractivity contribution in [3.63, 3.8) is 0 Å². The molecule has 0 heterocycles. The minimum Gasteiger partial charge on any atom is -0.370 e. The largest absolute Gasteiger partial charge is 0.370 e. The van der Waals surface area contributed by atoms with Crippen molar-refractivity contribution in [1.29, 1.82) is 0 Å². The van der Waals surface area contributed by atoms with Crippen molar-refractivity contribution in [1.82, 2.24) is 5.32 Å². The average molecular weight is 223 g/mol. The minimum atomic E-state index is -0.197. The first-order chi connectivity index (χ1) is 7.63. The van der Waals surface area contributed by atoms with E-state index in [0.29, 0.717) is 12.5 Å². The molecule has 0 saturated carbocycles. The number of halogens is 1. The number of guanidine groups is 1. The molecule has 3 nitrogen and oxygen atoms in total. The number of nitrogens with two attached hydrogens (primary N) is 1. The van der Waals surface area contributed by atoms with Crippen molar-refractivity contribution < 1.29 is 4.39 Å². The van der Waals surface area contributed by atoms with Crippen molar-refractivity contribution in [3.8, 4) is 0 Å². The molecule has 0 spiro atoms. The lowest BCUT2D eigenvalue weighted by atomic mass is 10.1. The van der Waals surface area contributed by atoms with E-state index in [1.54, 1.807) is 6.07 Å². The van der Waals surface area contributed by atoms with Gasteiger partial charge in [0.1, 0.15) is 5.82 Å². The Morgan fingerprint density at radius 1 is 1.50 bits per heavy atom. The Morgan fingerprint density at radius 2 is 2.25 bits per heavy atom. The van der Waals surface area contributed by atoms with Crippen LogP contribution in [0.1, 0.15) is 18.1 Å².